The first-order valence-electron chi connectivity index (χ1n) is 7.34. The molecule has 0 spiro atoms. The molecule has 1 heterocycles. The molecule has 0 saturated heterocycles. The molecule has 1 amide bonds. The minimum atomic E-state index is -4.59. The molecule has 0 aliphatic heterocycles. The lowest BCUT2D eigenvalue weighted by atomic mass is 10.1. The zero-order chi connectivity index (χ0) is 18.6. The zero-order valence-corrected chi connectivity index (χ0v) is 13.2. The molecule has 10 heteroatoms. The predicted octanol–water partition coefficient (Wildman–Crippen LogP) is 2.22. The van der Waals surface area contributed by atoms with Crippen molar-refractivity contribution in [3.05, 3.63) is 41.7 Å². The van der Waals surface area contributed by atoms with Crippen LogP contribution in [0.4, 0.5) is 13.2 Å². The van der Waals surface area contributed by atoms with Crippen molar-refractivity contribution in [1.82, 2.24) is 19.9 Å². The summed E-state index contributed by atoms with van der Waals surface area (Å²) in [5, 5.41) is 16.0. The number of alkyl halides is 3. The van der Waals surface area contributed by atoms with Crippen molar-refractivity contribution in [2.75, 3.05) is 13.1 Å². The second-order valence-electron chi connectivity index (χ2n) is 5.18. The minimum absolute atomic E-state index is 0.178. The topological polar surface area (TPSA) is 88.3 Å². The highest BCUT2D eigenvalue weighted by Crippen LogP contribution is 2.33. The molecular weight excluding hydrogens is 341 g/mol. The van der Waals surface area contributed by atoms with Crippen LogP contribution in [0.2, 0.25) is 0 Å². The van der Waals surface area contributed by atoms with Crippen LogP contribution in [0.1, 0.15) is 29.4 Å². The lowest BCUT2D eigenvalue weighted by Gasteiger charge is -2.18. The van der Waals surface area contributed by atoms with Gasteiger partial charge in [0.2, 0.25) is 0 Å². The molecule has 2 aromatic rings. The summed E-state index contributed by atoms with van der Waals surface area (Å²) < 4.78 is 40.1. The van der Waals surface area contributed by atoms with E-state index in [9.17, 15) is 22.8 Å². The third kappa shape index (κ3) is 4.34. The summed E-state index contributed by atoms with van der Waals surface area (Å²) in [4.78, 5) is 24.2. The lowest BCUT2D eigenvalue weighted by Crippen LogP contribution is -2.36. The van der Waals surface area contributed by atoms with Crippen molar-refractivity contribution >= 4 is 11.9 Å². The number of para-hydroxylation sites is 1. The van der Waals surface area contributed by atoms with E-state index < -0.39 is 30.2 Å². The summed E-state index contributed by atoms with van der Waals surface area (Å²) in [5.74, 6) is -1.91. The van der Waals surface area contributed by atoms with Gasteiger partial charge in [0.05, 0.1) is 17.4 Å². The molecule has 0 atom stereocenters. The Kier molecular flexibility index (Phi) is 5.40. The number of amides is 1. The highest BCUT2D eigenvalue weighted by molar-refractivity contribution is 5.93. The molecule has 0 aliphatic rings. The Labute approximate surface area is 140 Å². The number of aromatic nitrogens is 3. The third-order valence-electron chi connectivity index (χ3n) is 3.28. The number of hydrogen-bond acceptors (Lipinski definition) is 4. The first-order chi connectivity index (χ1) is 11.7. The molecule has 0 fully saturated rings. The molecule has 1 aromatic carbocycles. The number of carbonyl (C=O) groups excluding carboxylic acids is 1. The summed E-state index contributed by atoms with van der Waals surface area (Å²) in [5.41, 5.74) is -1.43. The number of rotatable bonds is 6. The van der Waals surface area contributed by atoms with Crippen LogP contribution < -0.4 is 0 Å². The Morgan fingerprint density at radius 3 is 2.56 bits per heavy atom. The van der Waals surface area contributed by atoms with Gasteiger partial charge in [-0.2, -0.15) is 13.2 Å². The van der Waals surface area contributed by atoms with E-state index in [1.165, 1.54) is 18.2 Å². The molecule has 7 nitrogen and oxygen atoms in total. The SMILES string of the molecule is CCCN(CC(=O)O)C(=O)c1cn(-c2ccccc2C(F)(F)F)nn1. The van der Waals surface area contributed by atoms with Gasteiger partial charge in [0.25, 0.3) is 5.91 Å². The van der Waals surface area contributed by atoms with Crippen molar-refractivity contribution in [2.45, 2.75) is 19.5 Å². The molecule has 0 bridgehead atoms. The normalized spacial score (nSPS) is 11.4. The van der Waals surface area contributed by atoms with E-state index in [2.05, 4.69) is 10.3 Å². The van der Waals surface area contributed by atoms with Crippen LogP contribution in [0, 0.1) is 0 Å². The molecule has 134 valence electrons. The van der Waals surface area contributed by atoms with Crippen molar-refractivity contribution in [3.63, 3.8) is 0 Å². The molecule has 0 saturated carbocycles. The van der Waals surface area contributed by atoms with E-state index in [-0.39, 0.29) is 17.9 Å². The first-order valence-corrected chi connectivity index (χ1v) is 7.34. The fraction of sp³-hybridized carbons (Fsp3) is 0.333. The highest BCUT2D eigenvalue weighted by Gasteiger charge is 2.34. The maximum absolute atomic E-state index is 13.1. The molecule has 1 N–H and O–H groups in total. The van der Waals surface area contributed by atoms with E-state index in [1.807, 2.05) is 0 Å². The second kappa shape index (κ2) is 7.32. The standard InChI is InChI=1S/C15H15F3N4O3/c1-2-7-21(9-13(23)24)14(25)11-8-22(20-19-11)12-6-4-3-5-10(12)15(16,17)18/h3-6,8H,2,7,9H2,1H3,(H,23,24). The molecule has 25 heavy (non-hydrogen) atoms. The first kappa shape index (κ1) is 18.4. The van der Waals surface area contributed by atoms with Crippen LogP contribution in [0.3, 0.4) is 0 Å². The Morgan fingerprint density at radius 1 is 1.28 bits per heavy atom. The van der Waals surface area contributed by atoms with E-state index >= 15 is 0 Å². The summed E-state index contributed by atoms with van der Waals surface area (Å²) in [7, 11) is 0. The van der Waals surface area contributed by atoms with Crippen molar-refractivity contribution in [2.24, 2.45) is 0 Å². The van der Waals surface area contributed by atoms with Crippen molar-refractivity contribution in [1.29, 1.82) is 0 Å². The highest BCUT2D eigenvalue weighted by atomic mass is 19.4. The maximum Gasteiger partial charge on any atom is 0.418 e. The third-order valence-corrected chi connectivity index (χ3v) is 3.28. The number of nitrogens with zero attached hydrogens (tertiary/aromatic N) is 4. The molecular formula is C15H15F3N4O3. The Balaban J connectivity index is 2.34. The molecule has 1 aromatic heterocycles. The van der Waals surface area contributed by atoms with Gasteiger partial charge in [0, 0.05) is 6.54 Å². The van der Waals surface area contributed by atoms with Crippen LogP contribution in [0.5, 0.6) is 0 Å². The van der Waals surface area contributed by atoms with Gasteiger partial charge in [0.15, 0.2) is 5.69 Å². The van der Waals surface area contributed by atoms with Crippen LogP contribution in [0.25, 0.3) is 5.69 Å². The number of carbonyl (C=O) groups is 2. The van der Waals surface area contributed by atoms with E-state index in [4.69, 9.17) is 5.11 Å². The van der Waals surface area contributed by atoms with Gasteiger partial charge in [0.1, 0.15) is 6.54 Å². The lowest BCUT2D eigenvalue weighted by molar-refractivity contribution is -0.138. The number of benzene rings is 1. The fourth-order valence-electron chi connectivity index (χ4n) is 2.24. The summed E-state index contributed by atoms with van der Waals surface area (Å²) in [6.07, 6.45) is -3.02. The average molecular weight is 356 g/mol. The number of aliphatic carboxylic acids is 1. The summed E-state index contributed by atoms with van der Waals surface area (Å²) in [6.45, 7) is 1.41. The monoisotopic (exact) mass is 356 g/mol. The largest absolute Gasteiger partial charge is 0.480 e. The number of carboxylic acid groups (broad SMARTS) is 1. The number of halogens is 3. The fourth-order valence-corrected chi connectivity index (χ4v) is 2.24. The van der Waals surface area contributed by atoms with Crippen molar-refractivity contribution in [3.8, 4) is 5.69 Å². The Bertz CT molecular complexity index is 773. The van der Waals surface area contributed by atoms with Gasteiger partial charge in [-0.25, -0.2) is 4.68 Å². The molecule has 0 radical (unpaired) electrons. The summed E-state index contributed by atoms with van der Waals surface area (Å²) in [6, 6.07) is 4.74. The van der Waals surface area contributed by atoms with Crippen LogP contribution in [0.15, 0.2) is 30.5 Å². The predicted molar refractivity (Wildman–Crippen MR) is 80.2 cm³/mol. The van der Waals surface area contributed by atoms with Gasteiger partial charge in [-0.1, -0.05) is 24.3 Å². The second-order valence-corrected chi connectivity index (χ2v) is 5.18. The quantitative estimate of drug-likeness (QED) is 0.857. The molecule has 0 unspecified atom stereocenters. The van der Waals surface area contributed by atoms with Crippen LogP contribution in [-0.4, -0.2) is 50.0 Å². The van der Waals surface area contributed by atoms with Gasteiger partial charge in [-0.05, 0) is 18.6 Å². The summed E-state index contributed by atoms with van der Waals surface area (Å²) >= 11 is 0. The van der Waals surface area contributed by atoms with Crippen molar-refractivity contribution < 1.29 is 27.9 Å². The van der Waals surface area contributed by atoms with Gasteiger partial charge < -0.3 is 10.0 Å². The zero-order valence-electron chi connectivity index (χ0n) is 13.2. The van der Waals surface area contributed by atoms with E-state index in [1.54, 1.807) is 6.92 Å². The number of carboxylic acids is 1. The maximum atomic E-state index is 13.1. The molecule has 2 rings (SSSR count). The van der Waals surface area contributed by atoms with Crippen LogP contribution >= 0.6 is 0 Å². The van der Waals surface area contributed by atoms with E-state index in [0.717, 1.165) is 21.8 Å². The smallest absolute Gasteiger partial charge is 0.418 e. The number of hydrogen-bond donors (Lipinski definition) is 1. The minimum Gasteiger partial charge on any atom is -0.480 e. The van der Waals surface area contributed by atoms with Gasteiger partial charge >= 0.3 is 12.1 Å². The van der Waals surface area contributed by atoms with Gasteiger partial charge in [-0.3, -0.25) is 9.59 Å². The van der Waals surface area contributed by atoms with E-state index in [0.29, 0.717) is 6.42 Å². The molecule has 0 aliphatic carbocycles. The average Bonchev–Trinajstić information content (AvgIpc) is 3.02. The van der Waals surface area contributed by atoms with Crippen LogP contribution in [-0.2, 0) is 11.0 Å². The Hall–Kier alpha value is -2.91. The van der Waals surface area contributed by atoms with Gasteiger partial charge in [-0.15, -0.1) is 5.10 Å². The Morgan fingerprint density at radius 2 is 1.96 bits per heavy atom.